The second-order valence-corrected chi connectivity index (χ2v) is 5.72. The van der Waals surface area contributed by atoms with E-state index >= 15 is 0 Å². The van der Waals surface area contributed by atoms with Crippen LogP contribution in [0.1, 0.15) is 22.3 Å². The molecular formula is C18H22N2. The summed E-state index contributed by atoms with van der Waals surface area (Å²) in [5, 5.41) is 3.53. The molecule has 20 heavy (non-hydrogen) atoms. The Morgan fingerprint density at radius 2 is 1.70 bits per heavy atom. The quantitative estimate of drug-likeness (QED) is 0.913. The molecule has 2 heteroatoms. The van der Waals surface area contributed by atoms with Crippen molar-refractivity contribution in [2.24, 2.45) is 0 Å². The van der Waals surface area contributed by atoms with Crippen molar-refractivity contribution in [2.45, 2.75) is 26.4 Å². The van der Waals surface area contributed by atoms with Gasteiger partial charge in [-0.25, -0.2) is 0 Å². The minimum atomic E-state index is 0.928. The van der Waals surface area contributed by atoms with Gasteiger partial charge in [0.25, 0.3) is 0 Å². The van der Waals surface area contributed by atoms with E-state index in [-0.39, 0.29) is 0 Å². The zero-order chi connectivity index (χ0) is 13.9. The smallest absolute Gasteiger partial charge is 0.0397 e. The van der Waals surface area contributed by atoms with Gasteiger partial charge in [0.15, 0.2) is 0 Å². The first-order valence-corrected chi connectivity index (χ1v) is 7.31. The molecule has 104 valence electrons. The maximum Gasteiger partial charge on any atom is 0.0397 e. The van der Waals surface area contributed by atoms with Crippen LogP contribution in [-0.2, 0) is 19.5 Å². The zero-order valence-corrected chi connectivity index (χ0v) is 12.3. The molecule has 2 aromatic carbocycles. The van der Waals surface area contributed by atoms with Gasteiger partial charge in [-0.15, -0.1) is 0 Å². The highest BCUT2D eigenvalue weighted by atomic mass is 15.1. The van der Waals surface area contributed by atoms with Crippen molar-refractivity contribution in [3.05, 3.63) is 64.7 Å². The van der Waals surface area contributed by atoms with Crippen molar-refractivity contribution < 1.29 is 0 Å². The average molecular weight is 266 g/mol. The predicted molar refractivity (Wildman–Crippen MR) is 85.1 cm³/mol. The molecule has 0 saturated heterocycles. The Labute approximate surface area is 121 Å². The fourth-order valence-corrected chi connectivity index (χ4v) is 2.79. The van der Waals surface area contributed by atoms with E-state index in [1.165, 1.54) is 34.4 Å². The maximum atomic E-state index is 3.53. The summed E-state index contributed by atoms with van der Waals surface area (Å²) in [5.41, 5.74) is 6.92. The molecule has 1 heterocycles. The first-order chi connectivity index (χ1) is 9.72. The Morgan fingerprint density at radius 3 is 2.50 bits per heavy atom. The molecule has 0 amide bonds. The lowest BCUT2D eigenvalue weighted by Gasteiger charge is -2.12. The van der Waals surface area contributed by atoms with Crippen LogP contribution in [0.15, 0.2) is 42.5 Å². The van der Waals surface area contributed by atoms with Crippen LogP contribution in [0.25, 0.3) is 0 Å². The Morgan fingerprint density at radius 1 is 1.00 bits per heavy atom. The topological polar surface area (TPSA) is 15.3 Å². The molecule has 0 bridgehead atoms. The van der Waals surface area contributed by atoms with Gasteiger partial charge >= 0.3 is 0 Å². The lowest BCUT2D eigenvalue weighted by atomic mass is 10.1. The molecule has 0 fully saturated rings. The summed E-state index contributed by atoms with van der Waals surface area (Å²) >= 11 is 0. The SMILES string of the molecule is Cc1ccc(CNCc2ccc3c(c2)CCN3C)cc1. The molecule has 0 atom stereocenters. The summed E-state index contributed by atoms with van der Waals surface area (Å²) in [6.07, 6.45) is 1.18. The standard InChI is InChI=1S/C18H22N2/c1-14-3-5-15(6-4-14)12-19-13-16-7-8-18-17(11-16)9-10-20(18)2/h3-8,11,19H,9-10,12-13H2,1-2H3. The Bertz CT molecular complexity index is 587. The van der Waals surface area contributed by atoms with E-state index in [0.29, 0.717) is 0 Å². The Hall–Kier alpha value is -1.80. The highest BCUT2D eigenvalue weighted by Crippen LogP contribution is 2.27. The predicted octanol–water partition coefficient (Wildman–Crippen LogP) is 3.28. The third kappa shape index (κ3) is 2.86. The number of hydrogen-bond donors (Lipinski definition) is 1. The van der Waals surface area contributed by atoms with Crippen LogP contribution < -0.4 is 10.2 Å². The van der Waals surface area contributed by atoms with Crippen LogP contribution in [-0.4, -0.2) is 13.6 Å². The van der Waals surface area contributed by atoms with Crippen molar-refractivity contribution in [3.8, 4) is 0 Å². The molecule has 1 aliphatic rings. The van der Waals surface area contributed by atoms with Crippen molar-refractivity contribution in [2.75, 3.05) is 18.5 Å². The average Bonchev–Trinajstić information content (AvgIpc) is 2.82. The molecule has 1 aliphatic heterocycles. The molecule has 0 spiro atoms. The first kappa shape index (κ1) is 13.2. The molecule has 0 aromatic heterocycles. The summed E-state index contributed by atoms with van der Waals surface area (Å²) in [7, 11) is 2.17. The van der Waals surface area contributed by atoms with E-state index < -0.39 is 0 Å². The van der Waals surface area contributed by atoms with Gasteiger partial charge in [-0.2, -0.15) is 0 Å². The second kappa shape index (κ2) is 5.68. The van der Waals surface area contributed by atoms with Gasteiger partial charge in [-0.3, -0.25) is 0 Å². The number of hydrogen-bond acceptors (Lipinski definition) is 2. The number of rotatable bonds is 4. The van der Waals surface area contributed by atoms with Crippen LogP contribution in [0.5, 0.6) is 0 Å². The van der Waals surface area contributed by atoms with Gasteiger partial charge in [0.1, 0.15) is 0 Å². The van der Waals surface area contributed by atoms with Crippen LogP contribution in [0.3, 0.4) is 0 Å². The maximum absolute atomic E-state index is 3.53. The molecule has 0 unspecified atom stereocenters. The summed E-state index contributed by atoms with van der Waals surface area (Å²) in [5.74, 6) is 0. The molecule has 0 saturated carbocycles. The van der Waals surface area contributed by atoms with E-state index in [4.69, 9.17) is 0 Å². The first-order valence-electron chi connectivity index (χ1n) is 7.31. The van der Waals surface area contributed by atoms with E-state index in [2.05, 4.69) is 66.7 Å². The molecule has 0 aliphatic carbocycles. The number of anilines is 1. The van der Waals surface area contributed by atoms with Crippen LogP contribution in [0.2, 0.25) is 0 Å². The largest absolute Gasteiger partial charge is 0.374 e. The molecule has 1 N–H and O–H groups in total. The van der Waals surface area contributed by atoms with E-state index in [1.807, 2.05) is 0 Å². The second-order valence-electron chi connectivity index (χ2n) is 5.72. The lowest BCUT2D eigenvalue weighted by Crippen LogP contribution is -2.13. The molecular weight excluding hydrogens is 244 g/mol. The zero-order valence-electron chi connectivity index (χ0n) is 12.3. The Balaban J connectivity index is 1.58. The highest BCUT2D eigenvalue weighted by Gasteiger charge is 2.15. The summed E-state index contributed by atoms with van der Waals surface area (Å²) < 4.78 is 0. The number of nitrogens with zero attached hydrogens (tertiary/aromatic N) is 1. The van der Waals surface area contributed by atoms with Gasteiger partial charge in [0.2, 0.25) is 0 Å². The van der Waals surface area contributed by atoms with E-state index in [0.717, 1.165) is 19.6 Å². The van der Waals surface area contributed by atoms with Crippen molar-refractivity contribution in [1.82, 2.24) is 5.32 Å². The van der Waals surface area contributed by atoms with Crippen molar-refractivity contribution >= 4 is 5.69 Å². The van der Waals surface area contributed by atoms with Crippen LogP contribution in [0.4, 0.5) is 5.69 Å². The number of likely N-dealkylation sites (N-methyl/N-ethyl adjacent to an activating group) is 1. The van der Waals surface area contributed by atoms with E-state index in [1.54, 1.807) is 0 Å². The third-order valence-electron chi connectivity index (χ3n) is 4.05. The third-order valence-corrected chi connectivity index (χ3v) is 4.05. The monoisotopic (exact) mass is 266 g/mol. The molecule has 2 aromatic rings. The number of benzene rings is 2. The molecule has 3 rings (SSSR count). The van der Waals surface area contributed by atoms with Gasteiger partial charge in [0.05, 0.1) is 0 Å². The fraction of sp³-hybridized carbons (Fsp3) is 0.333. The van der Waals surface area contributed by atoms with Gasteiger partial charge < -0.3 is 10.2 Å². The van der Waals surface area contributed by atoms with Crippen molar-refractivity contribution in [3.63, 3.8) is 0 Å². The lowest BCUT2D eigenvalue weighted by molar-refractivity contribution is 0.693. The molecule has 0 radical (unpaired) electrons. The van der Waals surface area contributed by atoms with Gasteiger partial charge in [0, 0.05) is 32.4 Å². The number of aryl methyl sites for hydroxylation is 1. The minimum Gasteiger partial charge on any atom is -0.374 e. The summed E-state index contributed by atoms with van der Waals surface area (Å²) in [4.78, 5) is 2.33. The van der Waals surface area contributed by atoms with Crippen LogP contribution >= 0.6 is 0 Å². The van der Waals surface area contributed by atoms with E-state index in [9.17, 15) is 0 Å². The van der Waals surface area contributed by atoms with Gasteiger partial charge in [-0.05, 0) is 36.1 Å². The normalized spacial score (nSPS) is 13.6. The number of fused-ring (bicyclic) bond motifs is 1. The summed E-state index contributed by atoms with van der Waals surface area (Å²) in [6.45, 7) is 5.14. The van der Waals surface area contributed by atoms with Gasteiger partial charge in [-0.1, -0.05) is 42.0 Å². The van der Waals surface area contributed by atoms with Crippen molar-refractivity contribution in [1.29, 1.82) is 0 Å². The minimum absolute atomic E-state index is 0.928. The highest BCUT2D eigenvalue weighted by molar-refractivity contribution is 5.58. The fourth-order valence-electron chi connectivity index (χ4n) is 2.79. The molecule has 2 nitrogen and oxygen atoms in total. The number of nitrogens with one attached hydrogen (secondary N) is 1. The van der Waals surface area contributed by atoms with Crippen LogP contribution in [0, 0.1) is 6.92 Å². The Kier molecular flexibility index (Phi) is 3.75. The summed E-state index contributed by atoms with van der Waals surface area (Å²) in [6, 6.07) is 15.6.